The molecule has 22 heavy (non-hydrogen) atoms. The van der Waals surface area contributed by atoms with Crippen molar-refractivity contribution < 1.29 is 23.1 Å². The number of benzene rings is 1. The first-order valence-electron chi connectivity index (χ1n) is 6.78. The van der Waals surface area contributed by atoms with Gasteiger partial charge in [-0.05, 0) is 37.1 Å². The molecule has 0 saturated carbocycles. The molecule has 1 aromatic heterocycles. The standard InChI is InChI=1S/C16H16FNO4/c1-11-14(7-9-21-11)16(20)22-10-15(19)18-8-6-12-2-4-13(17)5-3-12/h2-5,7,9H,6,8,10H2,1H3,(H,18,19). The van der Waals surface area contributed by atoms with Crippen LogP contribution in [0.4, 0.5) is 4.39 Å². The Morgan fingerprint density at radius 1 is 1.23 bits per heavy atom. The van der Waals surface area contributed by atoms with Crippen molar-refractivity contribution in [3.8, 4) is 0 Å². The van der Waals surface area contributed by atoms with Crippen LogP contribution in [0, 0.1) is 12.7 Å². The first-order valence-corrected chi connectivity index (χ1v) is 6.78. The zero-order valence-corrected chi connectivity index (χ0v) is 12.1. The number of carbonyl (C=O) groups excluding carboxylic acids is 2. The lowest BCUT2D eigenvalue weighted by molar-refractivity contribution is -0.124. The van der Waals surface area contributed by atoms with Gasteiger partial charge in [-0.15, -0.1) is 0 Å². The van der Waals surface area contributed by atoms with Crippen molar-refractivity contribution in [1.29, 1.82) is 0 Å². The van der Waals surface area contributed by atoms with Crippen LogP contribution in [0.15, 0.2) is 41.0 Å². The molecule has 0 radical (unpaired) electrons. The van der Waals surface area contributed by atoms with Crippen molar-refractivity contribution in [2.75, 3.05) is 13.2 Å². The molecule has 116 valence electrons. The molecule has 0 spiro atoms. The highest BCUT2D eigenvalue weighted by atomic mass is 19.1. The molecule has 2 rings (SSSR count). The van der Waals surface area contributed by atoms with Crippen LogP contribution in [0.3, 0.4) is 0 Å². The molecule has 6 heteroatoms. The van der Waals surface area contributed by atoms with E-state index in [0.29, 0.717) is 24.3 Å². The van der Waals surface area contributed by atoms with Crippen molar-refractivity contribution in [3.63, 3.8) is 0 Å². The average Bonchev–Trinajstić information content (AvgIpc) is 2.93. The number of hydrogen-bond donors (Lipinski definition) is 1. The summed E-state index contributed by atoms with van der Waals surface area (Å²) in [7, 11) is 0. The van der Waals surface area contributed by atoms with Crippen LogP contribution in [-0.4, -0.2) is 25.0 Å². The fourth-order valence-corrected chi connectivity index (χ4v) is 1.85. The van der Waals surface area contributed by atoms with Crippen molar-refractivity contribution in [2.24, 2.45) is 0 Å². The summed E-state index contributed by atoms with van der Waals surface area (Å²) in [5.74, 6) is -0.840. The molecule has 0 aliphatic heterocycles. The van der Waals surface area contributed by atoms with E-state index in [0.717, 1.165) is 5.56 Å². The fraction of sp³-hybridized carbons (Fsp3) is 0.250. The van der Waals surface area contributed by atoms with Crippen LogP contribution < -0.4 is 5.32 Å². The molecule has 0 saturated heterocycles. The number of amides is 1. The quantitative estimate of drug-likeness (QED) is 0.831. The third-order valence-corrected chi connectivity index (χ3v) is 3.06. The van der Waals surface area contributed by atoms with Gasteiger partial charge < -0.3 is 14.5 Å². The van der Waals surface area contributed by atoms with Gasteiger partial charge in [0.15, 0.2) is 6.61 Å². The molecule has 0 aliphatic rings. The van der Waals surface area contributed by atoms with E-state index in [4.69, 9.17) is 9.15 Å². The fourth-order valence-electron chi connectivity index (χ4n) is 1.85. The van der Waals surface area contributed by atoms with Gasteiger partial charge in [0.05, 0.1) is 6.26 Å². The molecule has 1 amide bonds. The summed E-state index contributed by atoms with van der Waals surface area (Å²) < 4.78 is 22.6. The SMILES string of the molecule is Cc1occc1C(=O)OCC(=O)NCCc1ccc(F)cc1. The van der Waals surface area contributed by atoms with Crippen LogP contribution >= 0.6 is 0 Å². The lowest BCUT2D eigenvalue weighted by Crippen LogP contribution is -2.30. The summed E-state index contributed by atoms with van der Waals surface area (Å²) in [6.45, 7) is 1.67. The molecule has 0 atom stereocenters. The maximum Gasteiger partial charge on any atom is 0.342 e. The Labute approximate surface area is 127 Å². The van der Waals surface area contributed by atoms with E-state index >= 15 is 0 Å². The van der Waals surface area contributed by atoms with Gasteiger partial charge in [-0.2, -0.15) is 0 Å². The van der Waals surface area contributed by atoms with E-state index in [-0.39, 0.29) is 12.4 Å². The van der Waals surface area contributed by atoms with Crippen LogP contribution in [0.5, 0.6) is 0 Å². The van der Waals surface area contributed by atoms with E-state index in [9.17, 15) is 14.0 Å². The smallest absolute Gasteiger partial charge is 0.342 e. The first-order chi connectivity index (χ1) is 10.6. The van der Waals surface area contributed by atoms with Crippen LogP contribution in [-0.2, 0) is 16.0 Å². The molecule has 0 aliphatic carbocycles. The minimum absolute atomic E-state index is 0.297. The Bertz CT molecular complexity index is 648. The second-order valence-corrected chi connectivity index (χ2v) is 4.69. The van der Waals surface area contributed by atoms with Crippen molar-refractivity contribution >= 4 is 11.9 Å². The predicted molar refractivity (Wildman–Crippen MR) is 76.8 cm³/mol. The third-order valence-electron chi connectivity index (χ3n) is 3.06. The van der Waals surface area contributed by atoms with Crippen molar-refractivity contribution in [2.45, 2.75) is 13.3 Å². The topological polar surface area (TPSA) is 68.5 Å². The van der Waals surface area contributed by atoms with Crippen molar-refractivity contribution in [3.05, 3.63) is 59.3 Å². The summed E-state index contributed by atoms with van der Waals surface area (Å²) >= 11 is 0. The molecule has 1 N–H and O–H groups in total. The Morgan fingerprint density at radius 2 is 1.95 bits per heavy atom. The summed E-state index contributed by atoms with van der Waals surface area (Å²) in [6.07, 6.45) is 1.95. The highest BCUT2D eigenvalue weighted by Crippen LogP contribution is 2.09. The van der Waals surface area contributed by atoms with Gasteiger partial charge in [-0.3, -0.25) is 4.79 Å². The van der Waals surface area contributed by atoms with E-state index in [2.05, 4.69) is 5.32 Å². The summed E-state index contributed by atoms with van der Waals surface area (Å²) in [5.41, 5.74) is 1.21. The Morgan fingerprint density at radius 3 is 2.59 bits per heavy atom. The molecular weight excluding hydrogens is 289 g/mol. The van der Waals surface area contributed by atoms with Gasteiger partial charge in [0.2, 0.25) is 0 Å². The van der Waals surface area contributed by atoms with Gasteiger partial charge in [0.1, 0.15) is 17.1 Å². The summed E-state index contributed by atoms with van der Waals surface area (Å²) in [4.78, 5) is 23.2. The Hall–Kier alpha value is -2.63. The average molecular weight is 305 g/mol. The minimum Gasteiger partial charge on any atom is -0.469 e. The summed E-state index contributed by atoms with van der Waals surface area (Å²) in [5, 5.41) is 2.63. The highest BCUT2D eigenvalue weighted by molar-refractivity contribution is 5.92. The second-order valence-electron chi connectivity index (χ2n) is 4.69. The van der Waals surface area contributed by atoms with Crippen LogP contribution in [0.25, 0.3) is 0 Å². The van der Waals surface area contributed by atoms with E-state index < -0.39 is 11.9 Å². The Balaban J connectivity index is 1.69. The highest BCUT2D eigenvalue weighted by Gasteiger charge is 2.14. The zero-order valence-electron chi connectivity index (χ0n) is 12.1. The van der Waals surface area contributed by atoms with Gasteiger partial charge in [0, 0.05) is 6.54 Å². The minimum atomic E-state index is -0.597. The molecule has 0 unspecified atom stereocenters. The molecule has 1 aromatic carbocycles. The monoisotopic (exact) mass is 305 g/mol. The number of esters is 1. The normalized spacial score (nSPS) is 10.3. The lowest BCUT2D eigenvalue weighted by Gasteiger charge is -2.06. The molecular formula is C16H16FNO4. The number of furan rings is 1. The molecule has 5 nitrogen and oxygen atoms in total. The summed E-state index contributed by atoms with van der Waals surface area (Å²) in [6, 6.07) is 7.54. The Kier molecular flexibility index (Phi) is 5.30. The first kappa shape index (κ1) is 15.8. The molecule has 0 bridgehead atoms. The molecule has 2 aromatic rings. The van der Waals surface area contributed by atoms with Crippen LogP contribution in [0.2, 0.25) is 0 Å². The number of carbonyl (C=O) groups is 2. The second kappa shape index (κ2) is 7.40. The number of halogens is 1. The lowest BCUT2D eigenvalue weighted by atomic mass is 10.1. The largest absolute Gasteiger partial charge is 0.469 e. The maximum absolute atomic E-state index is 12.7. The van der Waals surface area contributed by atoms with E-state index in [1.165, 1.54) is 24.5 Å². The number of aryl methyl sites for hydroxylation is 1. The maximum atomic E-state index is 12.7. The van der Waals surface area contributed by atoms with E-state index in [1.807, 2.05) is 0 Å². The number of nitrogens with one attached hydrogen (secondary N) is 1. The van der Waals surface area contributed by atoms with Gasteiger partial charge in [-0.25, -0.2) is 9.18 Å². The van der Waals surface area contributed by atoms with Gasteiger partial charge in [-0.1, -0.05) is 12.1 Å². The molecule has 1 heterocycles. The van der Waals surface area contributed by atoms with Gasteiger partial charge >= 0.3 is 5.97 Å². The zero-order chi connectivity index (χ0) is 15.9. The van der Waals surface area contributed by atoms with Crippen molar-refractivity contribution in [1.82, 2.24) is 5.32 Å². The van der Waals surface area contributed by atoms with Gasteiger partial charge in [0.25, 0.3) is 5.91 Å². The third kappa shape index (κ3) is 4.44. The van der Waals surface area contributed by atoms with E-state index in [1.54, 1.807) is 19.1 Å². The van der Waals surface area contributed by atoms with Crippen LogP contribution in [0.1, 0.15) is 21.7 Å². The predicted octanol–water partition coefficient (Wildman–Crippen LogP) is 2.24. The molecule has 0 fully saturated rings. The number of rotatable bonds is 6. The number of ether oxygens (including phenoxy) is 1. The number of hydrogen-bond acceptors (Lipinski definition) is 4.